The van der Waals surface area contributed by atoms with Crippen LogP contribution >= 0.6 is 0 Å². The van der Waals surface area contributed by atoms with Gasteiger partial charge in [-0.1, -0.05) is 0 Å². The molecule has 1 fully saturated rings. The number of ether oxygens (including phenoxy) is 1. The van der Waals surface area contributed by atoms with E-state index in [1.54, 1.807) is 12.1 Å². The number of nitrogens with zero attached hydrogens (tertiary/aromatic N) is 2. The molecule has 0 aromatic heterocycles. The Morgan fingerprint density at radius 1 is 1.43 bits per heavy atom. The Morgan fingerprint density at radius 3 is 2.57 bits per heavy atom. The number of rotatable bonds is 3. The molecule has 112 valence electrons. The number of anilines is 1. The lowest BCUT2D eigenvalue weighted by Gasteiger charge is -2.28. The predicted octanol–water partition coefficient (Wildman–Crippen LogP) is 3.22. The summed E-state index contributed by atoms with van der Waals surface area (Å²) in [6, 6.07) is 6.32. The molecule has 6 heteroatoms. The van der Waals surface area contributed by atoms with Gasteiger partial charge in [-0.25, -0.2) is 0 Å². The van der Waals surface area contributed by atoms with E-state index in [4.69, 9.17) is 10.00 Å². The minimum absolute atomic E-state index is 0.0425. The standard InChI is InChI=1S/C15H19N3O3/c1-14(2)8-13(15(3,4)21-14)17-11-6-5-10(9-16)7-12(11)18(19)20/h5-7,13,17H,8H2,1-4H3. The van der Waals surface area contributed by atoms with Gasteiger partial charge >= 0.3 is 0 Å². The van der Waals surface area contributed by atoms with Crippen LogP contribution in [0, 0.1) is 21.4 Å². The normalized spacial score (nSPS) is 22.5. The van der Waals surface area contributed by atoms with E-state index in [1.165, 1.54) is 6.07 Å². The second kappa shape index (κ2) is 5.01. The molecule has 0 saturated carbocycles. The van der Waals surface area contributed by atoms with Gasteiger partial charge in [0.25, 0.3) is 5.69 Å². The molecule has 1 saturated heterocycles. The molecule has 21 heavy (non-hydrogen) atoms. The van der Waals surface area contributed by atoms with Crippen LogP contribution in [0.15, 0.2) is 18.2 Å². The van der Waals surface area contributed by atoms with Crippen LogP contribution in [-0.2, 0) is 4.74 Å². The van der Waals surface area contributed by atoms with Crippen molar-refractivity contribution in [1.29, 1.82) is 5.26 Å². The quantitative estimate of drug-likeness (QED) is 0.681. The lowest BCUT2D eigenvalue weighted by molar-refractivity contribution is -0.384. The highest BCUT2D eigenvalue weighted by Crippen LogP contribution is 2.40. The fraction of sp³-hybridized carbons (Fsp3) is 0.533. The molecule has 1 atom stereocenters. The third-order valence-electron chi connectivity index (χ3n) is 3.73. The second-order valence-corrected chi connectivity index (χ2v) is 6.47. The molecule has 1 unspecified atom stereocenters. The third kappa shape index (κ3) is 3.14. The van der Waals surface area contributed by atoms with Gasteiger partial charge < -0.3 is 10.1 Å². The van der Waals surface area contributed by atoms with Gasteiger partial charge in [-0.15, -0.1) is 0 Å². The van der Waals surface area contributed by atoms with E-state index in [-0.39, 0.29) is 22.9 Å². The highest BCUT2D eigenvalue weighted by Gasteiger charge is 2.46. The van der Waals surface area contributed by atoms with Crippen LogP contribution in [0.4, 0.5) is 11.4 Å². The largest absolute Gasteiger partial charge is 0.374 e. The van der Waals surface area contributed by atoms with Crippen molar-refractivity contribution in [1.82, 2.24) is 0 Å². The SMILES string of the molecule is CC1(C)CC(Nc2ccc(C#N)cc2[N+](=O)[O-])C(C)(C)O1. The number of benzene rings is 1. The molecule has 0 spiro atoms. The molecule has 1 N–H and O–H groups in total. The summed E-state index contributed by atoms with van der Waals surface area (Å²) in [4.78, 5) is 10.7. The highest BCUT2D eigenvalue weighted by atomic mass is 16.6. The molecule has 1 aliphatic heterocycles. The predicted molar refractivity (Wildman–Crippen MR) is 79.1 cm³/mol. The van der Waals surface area contributed by atoms with Gasteiger partial charge in [0.2, 0.25) is 0 Å². The van der Waals surface area contributed by atoms with Crippen LogP contribution < -0.4 is 5.32 Å². The fourth-order valence-electron chi connectivity index (χ4n) is 2.85. The molecule has 6 nitrogen and oxygen atoms in total. The zero-order chi connectivity index (χ0) is 15.8. The minimum atomic E-state index is -0.475. The van der Waals surface area contributed by atoms with Crippen molar-refractivity contribution in [3.05, 3.63) is 33.9 Å². The summed E-state index contributed by atoms with van der Waals surface area (Å²) in [5.74, 6) is 0. The molecule has 2 rings (SSSR count). The van der Waals surface area contributed by atoms with Gasteiger partial charge in [0, 0.05) is 6.07 Å². The number of hydrogen-bond donors (Lipinski definition) is 1. The fourth-order valence-corrected chi connectivity index (χ4v) is 2.85. The lowest BCUT2D eigenvalue weighted by Crippen LogP contribution is -2.38. The average molecular weight is 289 g/mol. The first kappa shape index (κ1) is 15.3. The Morgan fingerprint density at radius 2 is 2.10 bits per heavy atom. The average Bonchev–Trinajstić information content (AvgIpc) is 2.57. The first-order valence-corrected chi connectivity index (χ1v) is 6.80. The summed E-state index contributed by atoms with van der Waals surface area (Å²) < 4.78 is 5.98. The number of nitrogens with one attached hydrogen (secondary N) is 1. The molecule has 0 bridgehead atoms. The lowest BCUT2D eigenvalue weighted by atomic mass is 9.94. The molecule has 0 amide bonds. The van der Waals surface area contributed by atoms with Crippen molar-refractivity contribution in [2.45, 2.75) is 51.4 Å². The van der Waals surface area contributed by atoms with Crippen molar-refractivity contribution in [3.63, 3.8) is 0 Å². The second-order valence-electron chi connectivity index (χ2n) is 6.47. The van der Waals surface area contributed by atoms with E-state index in [0.717, 1.165) is 6.42 Å². The van der Waals surface area contributed by atoms with Gasteiger partial charge in [-0.3, -0.25) is 10.1 Å². The Labute approximate surface area is 123 Å². The van der Waals surface area contributed by atoms with E-state index >= 15 is 0 Å². The van der Waals surface area contributed by atoms with Crippen LogP contribution in [0.3, 0.4) is 0 Å². The molecule has 1 heterocycles. The highest BCUT2D eigenvalue weighted by molar-refractivity contribution is 5.64. The van der Waals surface area contributed by atoms with Crippen molar-refractivity contribution < 1.29 is 9.66 Å². The van der Waals surface area contributed by atoms with Crippen molar-refractivity contribution in [2.75, 3.05) is 5.32 Å². The molecule has 1 aromatic rings. The Kier molecular flexibility index (Phi) is 3.64. The summed E-state index contributed by atoms with van der Waals surface area (Å²) in [7, 11) is 0. The van der Waals surface area contributed by atoms with E-state index in [1.807, 2.05) is 33.8 Å². The smallest absolute Gasteiger partial charge is 0.293 e. The monoisotopic (exact) mass is 289 g/mol. The molecule has 0 radical (unpaired) electrons. The topological polar surface area (TPSA) is 88.2 Å². The summed E-state index contributed by atoms with van der Waals surface area (Å²) in [5.41, 5.74) is -0.101. The molecule has 0 aliphatic carbocycles. The zero-order valence-electron chi connectivity index (χ0n) is 12.6. The summed E-state index contributed by atoms with van der Waals surface area (Å²) in [5, 5.41) is 23.2. The van der Waals surface area contributed by atoms with Crippen LogP contribution in [0.5, 0.6) is 0 Å². The summed E-state index contributed by atoms with van der Waals surface area (Å²) in [6.07, 6.45) is 0.747. The Bertz CT molecular complexity index is 617. The van der Waals surface area contributed by atoms with Crippen molar-refractivity contribution in [2.24, 2.45) is 0 Å². The number of nitro benzene ring substituents is 1. The van der Waals surface area contributed by atoms with Gasteiger partial charge in [-0.2, -0.15) is 5.26 Å². The third-order valence-corrected chi connectivity index (χ3v) is 3.73. The maximum atomic E-state index is 11.2. The number of nitro groups is 1. The van der Waals surface area contributed by atoms with E-state index in [9.17, 15) is 10.1 Å². The molecular formula is C15H19N3O3. The van der Waals surface area contributed by atoms with Crippen LogP contribution in [0.25, 0.3) is 0 Å². The zero-order valence-corrected chi connectivity index (χ0v) is 12.6. The molecule has 1 aromatic carbocycles. The van der Waals surface area contributed by atoms with E-state index < -0.39 is 10.5 Å². The van der Waals surface area contributed by atoms with Gasteiger partial charge in [0.1, 0.15) is 5.69 Å². The van der Waals surface area contributed by atoms with Gasteiger partial charge in [0.15, 0.2) is 0 Å². The van der Waals surface area contributed by atoms with Crippen LogP contribution in [0.2, 0.25) is 0 Å². The first-order chi connectivity index (χ1) is 9.64. The Hall–Kier alpha value is -2.13. The van der Waals surface area contributed by atoms with Crippen LogP contribution in [0.1, 0.15) is 39.7 Å². The first-order valence-electron chi connectivity index (χ1n) is 6.80. The van der Waals surface area contributed by atoms with Crippen molar-refractivity contribution >= 4 is 11.4 Å². The minimum Gasteiger partial charge on any atom is -0.374 e. The summed E-state index contributed by atoms with van der Waals surface area (Å²) in [6.45, 7) is 7.94. The molecular weight excluding hydrogens is 270 g/mol. The Balaban J connectivity index is 2.32. The van der Waals surface area contributed by atoms with E-state index in [2.05, 4.69) is 5.32 Å². The van der Waals surface area contributed by atoms with Crippen molar-refractivity contribution in [3.8, 4) is 6.07 Å². The van der Waals surface area contributed by atoms with Gasteiger partial charge in [0.05, 0.1) is 33.8 Å². The van der Waals surface area contributed by atoms with Gasteiger partial charge in [-0.05, 0) is 46.2 Å². The van der Waals surface area contributed by atoms with E-state index in [0.29, 0.717) is 5.69 Å². The number of nitriles is 1. The maximum absolute atomic E-state index is 11.2. The number of hydrogen-bond acceptors (Lipinski definition) is 5. The molecule has 1 aliphatic rings. The summed E-state index contributed by atoms with van der Waals surface area (Å²) >= 11 is 0. The van der Waals surface area contributed by atoms with Crippen LogP contribution in [-0.4, -0.2) is 22.2 Å². The maximum Gasteiger partial charge on any atom is 0.293 e.